The molecule has 0 atom stereocenters. The van der Waals surface area contributed by atoms with E-state index in [4.69, 9.17) is 0 Å². The first-order chi connectivity index (χ1) is 5.62. The van der Waals surface area contributed by atoms with Crippen molar-refractivity contribution in [3.63, 3.8) is 0 Å². The maximum Gasteiger partial charge on any atom is 0.211 e. The van der Waals surface area contributed by atoms with Gasteiger partial charge in [0.2, 0.25) is 10.0 Å². The number of nitrogens with one attached hydrogen (secondary N) is 1. The topological polar surface area (TPSA) is 63.2 Å². The van der Waals surface area contributed by atoms with Gasteiger partial charge in [-0.1, -0.05) is 6.92 Å². The minimum absolute atomic E-state index is 0.0474. The van der Waals surface area contributed by atoms with Crippen molar-refractivity contribution in [3.05, 3.63) is 0 Å². The van der Waals surface area contributed by atoms with Gasteiger partial charge < -0.3 is 4.79 Å². The number of aldehydes is 1. The molecule has 0 aromatic carbocycles. The van der Waals surface area contributed by atoms with Crippen LogP contribution in [0.15, 0.2) is 0 Å². The Labute approximate surface area is 73.4 Å². The third kappa shape index (κ3) is 6.30. The zero-order valence-electron chi connectivity index (χ0n) is 7.25. The Morgan fingerprint density at radius 3 is 2.58 bits per heavy atom. The molecule has 0 amide bonds. The lowest BCUT2D eigenvalue weighted by Crippen LogP contribution is -2.26. The fourth-order valence-corrected chi connectivity index (χ4v) is 1.89. The lowest BCUT2D eigenvalue weighted by atomic mass is 10.4. The Balaban J connectivity index is 3.64. The van der Waals surface area contributed by atoms with Crippen molar-refractivity contribution in [2.45, 2.75) is 26.2 Å². The number of carbonyl (C=O) groups excluding carboxylic acids is 1. The number of carbonyl (C=O) groups is 1. The van der Waals surface area contributed by atoms with Crippen LogP contribution in [-0.4, -0.2) is 27.0 Å². The molecular weight excluding hydrogens is 178 g/mol. The van der Waals surface area contributed by atoms with E-state index in [1.54, 1.807) is 0 Å². The molecule has 0 heterocycles. The fraction of sp³-hybridized carbons (Fsp3) is 0.857. The summed E-state index contributed by atoms with van der Waals surface area (Å²) in [5.74, 6) is 0.0474. The van der Waals surface area contributed by atoms with Crippen LogP contribution in [0.1, 0.15) is 26.2 Å². The zero-order chi connectivity index (χ0) is 9.45. The van der Waals surface area contributed by atoms with Crippen LogP contribution >= 0.6 is 0 Å². The Kier molecular flexibility index (Phi) is 5.92. The van der Waals surface area contributed by atoms with Gasteiger partial charge in [0.15, 0.2) is 0 Å². The molecule has 12 heavy (non-hydrogen) atoms. The van der Waals surface area contributed by atoms with Crippen molar-refractivity contribution in [1.29, 1.82) is 0 Å². The van der Waals surface area contributed by atoms with Gasteiger partial charge in [-0.15, -0.1) is 0 Å². The van der Waals surface area contributed by atoms with Gasteiger partial charge in [0.1, 0.15) is 6.29 Å². The van der Waals surface area contributed by atoms with E-state index < -0.39 is 10.0 Å². The predicted molar refractivity (Wildman–Crippen MR) is 47.4 cm³/mol. The third-order valence-corrected chi connectivity index (χ3v) is 2.78. The minimum Gasteiger partial charge on any atom is -0.303 e. The van der Waals surface area contributed by atoms with Crippen LogP contribution in [0.5, 0.6) is 0 Å². The molecule has 5 heteroatoms. The highest BCUT2D eigenvalue weighted by Gasteiger charge is 2.07. The van der Waals surface area contributed by atoms with E-state index in [0.717, 1.165) is 12.7 Å². The predicted octanol–water partition coefficient (Wildman–Crippen LogP) is 0.295. The quantitative estimate of drug-likeness (QED) is 0.467. The highest BCUT2D eigenvalue weighted by Crippen LogP contribution is 1.92. The van der Waals surface area contributed by atoms with Crippen molar-refractivity contribution in [3.8, 4) is 0 Å². The lowest BCUT2D eigenvalue weighted by Gasteiger charge is -2.02. The van der Waals surface area contributed by atoms with Crippen molar-refractivity contribution >= 4 is 16.3 Å². The highest BCUT2D eigenvalue weighted by atomic mass is 32.2. The van der Waals surface area contributed by atoms with E-state index >= 15 is 0 Å². The second-order valence-corrected chi connectivity index (χ2v) is 4.45. The van der Waals surface area contributed by atoms with Crippen LogP contribution in [0.25, 0.3) is 0 Å². The maximum atomic E-state index is 11.0. The number of unbranched alkanes of at least 4 members (excludes halogenated alkanes) is 1. The molecule has 0 fully saturated rings. The molecular formula is C7H15NO3S. The summed E-state index contributed by atoms with van der Waals surface area (Å²) in [5, 5.41) is 0. The van der Waals surface area contributed by atoms with E-state index in [1.807, 2.05) is 6.92 Å². The Morgan fingerprint density at radius 1 is 1.42 bits per heavy atom. The second-order valence-electron chi connectivity index (χ2n) is 2.52. The highest BCUT2D eigenvalue weighted by molar-refractivity contribution is 7.89. The molecule has 0 aliphatic rings. The molecule has 72 valence electrons. The molecule has 1 N–H and O–H groups in total. The largest absolute Gasteiger partial charge is 0.303 e. The first-order valence-corrected chi connectivity index (χ1v) is 5.68. The summed E-state index contributed by atoms with van der Waals surface area (Å²) < 4.78 is 24.5. The van der Waals surface area contributed by atoms with E-state index in [1.165, 1.54) is 0 Å². The van der Waals surface area contributed by atoms with Crippen LogP contribution in [0.4, 0.5) is 0 Å². The smallest absolute Gasteiger partial charge is 0.211 e. The molecule has 0 saturated heterocycles. The Morgan fingerprint density at radius 2 is 2.08 bits per heavy atom. The second kappa shape index (κ2) is 6.14. The van der Waals surface area contributed by atoms with Gasteiger partial charge in [-0.2, -0.15) is 0 Å². The summed E-state index contributed by atoms with van der Waals surface area (Å²) in [5.41, 5.74) is 0. The summed E-state index contributed by atoms with van der Waals surface area (Å²) in [6.07, 6.45) is 2.23. The van der Waals surface area contributed by atoms with E-state index in [0.29, 0.717) is 19.4 Å². The van der Waals surface area contributed by atoms with Crippen molar-refractivity contribution in [2.75, 3.05) is 12.3 Å². The molecule has 0 bridgehead atoms. The first kappa shape index (κ1) is 11.6. The molecule has 0 aliphatic carbocycles. The molecule has 0 spiro atoms. The van der Waals surface area contributed by atoms with Crippen LogP contribution in [-0.2, 0) is 14.8 Å². The van der Waals surface area contributed by atoms with E-state index in [2.05, 4.69) is 4.72 Å². The van der Waals surface area contributed by atoms with Crippen molar-refractivity contribution in [2.24, 2.45) is 0 Å². The summed E-state index contributed by atoms with van der Waals surface area (Å²) in [7, 11) is -3.12. The molecule has 0 radical (unpaired) electrons. The summed E-state index contributed by atoms with van der Waals surface area (Å²) in [6, 6.07) is 0. The van der Waals surface area contributed by atoms with Crippen LogP contribution in [0.2, 0.25) is 0 Å². The minimum atomic E-state index is -3.12. The van der Waals surface area contributed by atoms with Crippen LogP contribution in [0.3, 0.4) is 0 Å². The standard InChI is InChI=1S/C7H15NO3S/c1-2-5-8-12(10,11)7-4-3-6-9/h6,8H,2-5,7H2,1H3. The fourth-order valence-electron chi connectivity index (χ4n) is 0.686. The van der Waals surface area contributed by atoms with E-state index in [9.17, 15) is 13.2 Å². The molecule has 0 aromatic heterocycles. The molecule has 0 saturated carbocycles. The zero-order valence-corrected chi connectivity index (χ0v) is 8.06. The van der Waals surface area contributed by atoms with Gasteiger partial charge >= 0.3 is 0 Å². The number of rotatable bonds is 7. The SMILES string of the molecule is CCCNS(=O)(=O)CCCC=O. The van der Waals surface area contributed by atoms with Gasteiger partial charge in [0, 0.05) is 13.0 Å². The average molecular weight is 193 g/mol. The van der Waals surface area contributed by atoms with E-state index in [-0.39, 0.29) is 5.75 Å². The number of hydrogen-bond donors (Lipinski definition) is 1. The van der Waals surface area contributed by atoms with Crippen LogP contribution < -0.4 is 4.72 Å². The third-order valence-electron chi connectivity index (χ3n) is 1.31. The number of hydrogen-bond acceptors (Lipinski definition) is 3. The van der Waals surface area contributed by atoms with Crippen molar-refractivity contribution < 1.29 is 13.2 Å². The average Bonchev–Trinajstić information content (AvgIpc) is 2.01. The summed E-state index contributed by atoms with van der Waals surface area (Å²) in [4.78, 5) is 9.89. The molecule has 0 aromatic rings. The maximum absolute atomic E-state index is 11.0. The molecule has 0 aliphatic heterocycles. The normalized spacial score (nSPS) is 11.4. The van der Waals surface area contributed by atoms with Crippen LogP contribution in [0, 0.1) is 0 Å². The monoisotopic (exact) mass is 193 g/mol. The Hall–Kier alpha value is -0.420. The van der Waals surface area contributed by atoms with Gasteiger partial charge in [0.05, 0.1) is 5.75 Å². The lowest BCUT2D eigenvalue weighted by molar-refractivity contribution is -0.107. The summed E-state index contributed by atoms with van der Waals surface area (Å²) >= 11 is 0. The van der Waals surface area contributed by atoms with Gasteiger partial charge in [-0.25, -0.2) is 13.1 Å². The van der Waals surface area contributed by atoms with Crippen molar-refractivity contribution in [1.82, 2.24) is 4.72 Å². The Bertz CT molecular complexity index is 211. The molecule has 0 rings (SSSR count). The van der Waals surface area contributed by atoms with Gasteiger partial charge in [0.25, 0.3) is 0 Å². The van der Waals surface area contributed by atoms with Gasteiger partial charge in [-0.05, 0) is 12.8 Å². The molecule has 0 unspecified atom stereocenters. The van der Waals surface area contributed by atoms with Gasteiger partial charge in [-0.3, -0.25) is 0 Å². The summed E-state index contributed by atoms with van der Waals surface area (Å²) in [6.45, 7) is 2.37. The first-order valence-electron chi connectivity index (χ1n) is 4.03. The molecule has 4 nitrogen and oxygen atoms in total. The number of sulfonamides is 1.